The molecule has 31 heavy (non-hydrogen) atoms. The molecule has 5 heteroatoms. The van der Waals surface area contributed by atoms with Crippen LogP contribution in [0, 0.1) is 5.92 Å². The molecule has 2 unspecified atom stereocenters. The Morgan fingerprint density at radius 2 is 1.90 bits per heavy atom. The molecule has 0 bridgehead atoms. The highest BCUT2D eigenvalue weighted by Crippen LogP contribution is 2.33. The number of hydrogen-bond acceptors (Lipinski definition) is 4. The molecule has 4 heterocycles. The molecule has 3 aliphatic heterocycles. The molecule has 2 atom stereocenters. The summed E-state index contributed by atoms with van der Waals surface area (Å²) in [5.41, 5.74) is 6.21. The average molecular weight is 415 g/mol. The van der Waals surface area contributed by atoms with E-state index in [4.69, 9.17) is 4.99 Å². The summed E-state index contributed by atoms with van der Waals surface area (Å²) in [4.78, 5) is 26.6. The van der Waals surface area contributed by atoms with E-state index in [9.17, 15) is 4.79 Å². The van der Waals surface area contributed by atoms with Gasteiger partial charge >= 0.3 is 0 Å². The van der Waals surface area contributed by atoms with Crippen molar-refractivity contribution in [3.05, 3.63) is 77.1 Å². The second-order valence-corrected chi connectivity index (χ2v) is 9.18. The number of aromatic nitrogens is 1. The van der Waals surface area contributed by atoms with Gasteiger partial charge in [0.05, 0.1) is 12.3 Å². The second kappa shape index (κ2) is 8.75. The molecule has 160 valence electrons. The van der Waals surface area contributed by atoms with Crippen molar-refractivity contribution >= 4 is 11.6 Å². The minimum absolute atomic E-state index is 0.291. The van der Waals surface area contributed by atoms with Gasteiger partial charge in [0.1, 0.15) is 0 Å². The van der Waals surface area contributed by atoms with Crippen LogP contribution in [-0.4, -0.2) is 66.2 Å². The Bertz CT molecular complexity index is 999. The smallest absolute Gasteiger partial charge is 0.223 e. The van der Waals surface area contributed by atoms with Gasteiger partial charge in [-0.1, -0.05) is 30.3 Å². The fourth-order valence-electron chi connectivity index (χ4n) is 5.41. The molecule has 1 aromatic carbocycles. The summed E-state index contributed by atoms with van der Waals surface area (Å²) in [5.74, 6) is 1.21. The molecule has 0 aliphatic carbocycles. The predicted octanol–water partition coefficient (Wildman–Crippen LogP) is 3.54. The maximum absolute atomic E-state index is 13.3. The Hall–Kier alpha value is -2.79. The number of amides is 1. The minimum Gasteiger partial charge on any atom is -0.338 e. The van der Waals surface area contributed by atoms with Gasteiger partial charge in [-0.15, -0.1) is 0 Å². The second-order valence-electron chi connectivity index (χ2n) is 9.18. The van der Waals surface area contributed by atoms with Crippen LogP contribution < -0.4 is 0 Å². The SMILES string of the molecule is CN1CC(CC(=O)N2CCC3=C(C2)C(c2ccncc2)=NC3)CC(c2ccccc2)C1. The molecule has 0 saturated carbocycles. The third-order valence-corrected chi connectivity index (χ3v) is 6.93. The Labute approximate surface area is 184 Å². The number of hydrogen-bond donors (Lipinski definition) is 0. The molecule has 2 aromatic rings. The monoisotopic (exact) mass is 414 g/mol. The van der Waals surface area contributed by atoms with E-state index in [1.54, 1.807) is 0 Å². The van der Waals surface area contributed by atoms with Crippen LogP contribution in [0.25, 0.3) is 0 Å². The summed E-state index contributed by atoms with van der Waals surface area (Å²) in [7, 11) is 2.18. The van der Waals surface area contributed by atoms with Crippen LogP contribution in [0.15, 0.2) is 71.0 Å². The first kappa shape index (κ1) is 20.1. The normalized spacial score (nSPS) is 24.2. The standard InChI is InChI=1S/C26H30N4O/c1-29-16-19(13-23(17-29)20-5-3-2-4-6-20)14-25(31)30-12-9-22-15-28-26(24(22)18-30)21-7-10-27-11-8-21/h2-8,10-11,19,23H,9,12-18H2,1H3. The van der Waals surface area contributed by atoms with Crippen LogP contribution >= 0.6 is 0 Å². The van der Waals surface area contributed by atoms with E-state index in [1.807, 2.05) is 24.5 Å². The number of piperidine rings is 1. The van der Waals surface area contributed by atoms with Crippen LogP contribution in [0.1, 0.15) is 36.3 Å². The van der Waals surface area contributed by atoms with Crippen LogP contribution in [-0.2, 0) is 4.79 Å². The summed E-state index contributed by atoms with van der Waals surface area (Å²) in [6.45, 7) is 4.36. The zero-order chi connectivity index (χ0) is 21.2. The van der Waals surface area contributed by atoms with Crippen molar-refractivity contribution in [2.75, 3.05) is 39.8 Å². The zero-order valence-corrected chi connectivity index (χ0v) is 18.2. The van der Waals surface area contributed by atoms with Gasteiger partial charge in [0.25, 0.3) is 0 Å². The lowest BCUT2D eigenvalue weighted by Gasteiger charge is -2.37. The fourth-order valence-corrected chi connectivity index (χ4v) is 5.41. The lowest BCUT2D eigenvalue weighted by molar-refractivity contribution is -0.132. The van der Waals surface area contributed by atoms with E-state index in [0.717, 1.165) is 50.3 Å². The first-order valence-electron chi connectivity index (χ1n) is 11.3. The van der Waals surface area contributed by atoms with Gasteiger partial charge in [0.15, 0.2) is 0 Å². The minimum atomic E-state index is 0.291. The molecule has 0 N–H and O–H groups in total. The molecule has 1 saturated heterocycles. The third-order valence-electron chi connectivity index (χ3n) is 6.93. The van der Waals surface area contributed by atoms with Gasteiger partial charge < -0.3 is 9.80 Å². The summed E-state index contributed by atoms with van der Waals surface area (Å²) in [6, 6.07) is 14.8. The Morgan fingerprint density at radius 1 is 1.10 bits per heavy atom. The number of benzene rings is 1. The molecule has 0 spiro atoms. The Balaban J connectivity index is 1.25. The van der Waals surface area contributed by atoms with Crippen molar-refractivity contribution in [1.29, 1.82) is 0 Å². The fraction of sp³-hybridized carbons (Fsp3) is 0.423. The van der Waals surface area contributed by atoms with Gasteiger partial charge in [0.2, 0.25) is 5.91 Å². The summed E-state index contributed by atoms with van der Waals surface area (Å²) >= 11 is 0. The Morgan fingerprint density at radius 3 is 2.71 bits per heavy atom. The number of carbonyl (C=O) groups is 1. The lowest BCUT2D eigenvalue weighted by Crippen LogP contribution is -2.42. The highest BCUT2D eigenvalue weighted by atomic mass is 16.2. The van der Waals surface area contributed by atoms with Crippen molar-refractivity contribution in [2.24, 2.45) is 10.9 Å². The van der Waals surface area contributed by atoms with Crippen LogP contribution in [0.4, 0.5) is 0 Å². The van der Waals surface area contributed by atoms with E-state index >= 15 is 0 Å². The van der Waals surface area contributed by atoms with Gasteiger partial charge in [-0.25, -0.2) is 0 Å². The van der Waals surface area contributed by atoms with Crippen LogP contribution in [0.5, 0.6) is 0 Å². The maximum Gasteiger partial charge on any atom is 0.223 e. The molecule has 3 aliphatic rings. The van der Waals surface area contributed by atoms with Gasteiger partial charge in [0, 0.05) is 50.6 Å². The quantitative estimate of drug-likeness (QED) is 0.769. The van der Waals surface area contributed by atoms with Crippen molar-refractivity contribution in [1.82, 2.24) is 14.8 Å². The molecule has 5 rings (SSSR count). The maximum atomic E-state index is 13.3. The highest BCUT2D eigenvalue weighted by molar-refractivity contribution is 6.15. The topological polar surface area (TPSA) is 48.8 Å². The lowest BCUT2D eigenvalue weighted by atomic mass is 9.83. The number of likely N-dealkylation sites (N-methyl/N-ethyl adjacent to an activating group) is 1. The molecular formula is C26H30N4O. The van der Waals surface area contributed by atoms with E-state index in [1.165, 1.54) is 16.7 Å². The van der Waals surface area contributed by atoms with E-state index in [2.05, 4.69) is 52.2 Å². The van der Waals surface area contributed by atoms with Gasteiger partial charge in [-0.05, 0) is 60.6 Å². The number of aliphatic imine (C=N–C) groups is 1. The summed E-state index contributed by atoms with van der Waals surface area (Å²) < 4.78 is 0. The number of pyridine rings is 1. The van der Waals surface area contributed by atoms with Crippen LogP contribution in [0.2, 0.25) is 0 Å². The largest absolute Gasteiger partial charge is 0.338 e. The third kappa shape index (κ3) is 4.33. The zero-order valence-electron chi connectivity index (χ0n) is 18.2. The van der Waals surface area contributed by atoms with E-state index in [-0.39, 0.29) is 0 Å². The number of carbonyl (C=O) groups excluding carboxylic acids is 1. The van der Waals surface area contributed by atoms with Crippen molar-refractivity contribution in [3.8, 4) is 0 Å². The predicted molar refractivity (Wildman–Crippen MR) is 123 cm³/mol. The summed E-state index contributed by atoms with van der Waals surface area (Å²) in [5, 5.41) is 0. The summed E-state index contributed by atoms with van der Waals surface area (Å²) in [6.07, 6.45) is 6.29. The first-order valence-corrected chi connectivity index (χ1v) is 11.3. The van der Waals surface area contributed by atoms with Crippen LogP contribution in [0.3, 0.4) is 0 Å². The van der Waals surface area contributed by atoms with E-state index in [0.29, 0.717) is 30.7 Å². The molecule has 1 fully saturated rings. The number of nitrogens with zero attached hydrogens (tertiary/aromatic N) is 4. The molecule has 0 radical (unpaired) electrons. The molecule has 5 nitrogen and oxygen atoms in total. The number of rotatable bonds is 4. The van der Waals surface area contributed by atoms with Gasteiger partial charge in [-0.2, -0.15) is 0 Å². The molecule has 1 aromatic heterocycles. The van der Waals surface area contributed by atoms with Crippen molar-refractivity contribution in [2.45, 2.75) is 25.2 Å². The highest BCUT2D eigenvalue weighted by Gasteiger charge is 2.32. The molecular weight excluding hydrogens is 384 g/mol. The molecule has 1 amide bonds. The van der Waals surface area contributed by atoms with E-state index < -0.39 is 0 Å². The average Bonchev–Trinajstić information content (AvgIpc) is 3.23. The van der Waals surface area contributed by atoms with Crippen molar-refractivity contribution < 1.29 is 4.79 Å². The Kier molecular flexibility index (Phi) is 5.68. The first-order chi connectivity index (χ1) is 15.2. The van der Waals surface area contributed by atoms with Crippen molar-refractivity contribution in [3.63, 3.8) is 0 Å². The number of likely N-dealkylation sites (tertiary alicyclic amines) is 1. The van der Waals surface area contributed by atoms with Gasteiger partial charge in [-0.3, -0.25) is 14.8 Å².